The summed E-state index contributed by atoms with van der Waals surface area (Å²) in [6.45, 7) is 5.57. The predicted octanol–water partition coefficient (Wildman–Crippen LogP) is 3.15. The lowest BCUT2D eigenvalue weighted by molar-refractivity contribution is -0.133. The summed E-state index contributed by atoms with van der Waals surface area (Å²) in [5.74, 6) is 0.478. The molecule has 0 aromatic heterocycles. The smallest absolute Gasteiger partial charge is 0.226 e. The molecule has 2 aliphatic rings. The van der Waals surface area contributed by atoms with Gasteiger partial charge >= 0.3 is 0 Å². The maximum atomic E-state index is 12.9. The van der Waals surface area contributed by atoms with Crippen LogP contribution >= 0.6 is 12.4 Å². The van der Waals surface area contributed by atoms with E-state index >= 15 is 0 Å². The van der Waals surface area contributed by atoms with Crippen LogP contribution in [0.25, 0.3) is 0 Å². The lowest BCUT2D eigenvalue weighted by Gasteiger charge is -2.31. The molecule has 0 heterocycles. The average Bonchev–Trinajstić information content (AvgIpc) is 3.21. The molecule has 2 N–H and O–H groups in total. The zero-order valence-electron chi connectivity index (χ0n) is 14.5. The van der Waals surface area contributed by atoms with Gasteiger partial charge in [0.25, 0.3) is 0 Å². The molecule has 3 rings (SSSR count). The van der Waals surface area contributed by atoms with E-state index in [0.29, 0.717) is 12.5 Å². The fourth-order valence-corrected chi connectivity index (χ4v) is 4.21. The number of nitrogens with zero attached hydrogens (tertiary/aromatic N) is 1. The maximum Gasteiger partial charge on any atom is 0.226 e. The number of hydrogen-bond donors (Lipinski definition) is 1. The topological polar surface area (TPSA) is 46.3 Å². The molecule has 23 heavy (non-hydrogen) atoms. The van der Waals surface area contributed by atoms with Crippen LogP contribution in [0.5, 0.6) is 0 Å². The van der Waals surface area contributed by atoms with E-state index in [4.69, 9.17) is 5.73 Å². The Kier molecular flexibility index (Phi) is 5.12. The lowest BCUT2D eigenvalue weighted by atomic mass is 9.78. The van der Waals surface area contributed by atoms with Crippen LogP contribution in [0.2, 0.25) is 0 Å². The number of carbonyl (C=O) groups excluding carboxylic acids is 1. The first-order valence-corrected chi connectivity index (χ1v) is 8.43. The highest BCUT2D eigenvalue weighted by molar-refractivity contribution is 5.85. The number of fused-ring (bicyclic) bond motifs is 2. The fourth-order valence-electron chi connectivity index (χ4n) is 4.21. The summed E-state index contributed by atoms with van der Waals surface area (Å²) >= 11 is 0. The molecule has 1 spiro atoms. The minimum atomic E-state index is -0.0169. The van der Waals surface area contributed by atoms with Gasteiger partial charge in [-0.25, -0.2) is 0 Å². The molecule has 0 radical (unpaired) electrons. The number of nitrogens with two attached hydrogens (primary N) is 1. The van der Waals surface area contributed by atoms with Gasteiger partial charge in [0, 0.05) is 24.9 Å². The fraction of sp³-hybridized carbons (Fsp3) is 0.632. The molecule has 1 fully saturated rings. The molecule has 4 heteroatoms. The van der Waals surface area contributed by atoms with Gasteiger partial charge in [-0.05, 0) is 48.8 Å². The molecule has 2 unspecified atom stereocenters. The van der Waals surface area contributed by atoms with E-state index in [0.717, 1.165) is 25.8 Å². The predicted molar refractivity (Wildman–Crippen MR) is 96.9 cm³/mol. The van der Waals surface area contributed by atoms with Gasteiger partial charge in [-0.1, -0.05) is 38.1 Å². The first-order valence-electron chi connectivity index (χ1n) is 8.43. The Morgan fingerprint density at radius 1 is 1.39 bits per heavy atom. The van der Waals surface area contributed by atoms with E-state index in [-0.39, 0.29) is 29.2 Å². The van der Waals surface area contributed by atoms with Crippen molar-refractivity contribution < 1.29 is 4.79 Å². The number of amides is 1. The number of halogens is 1. The first-order chi connectivity index (χ1) is 10.4. The zero-order valence-corrected chi connectivity index (χ0v) is 15.3. The molecular formula is C19H29ClN2O. The summed E-state index contributed by atoms with van der Waals surface area (Å²) in [7, 11) is 1.93. The van der Waals surface area contributed by atoms with Gasteiger partial charge in [0.1, 0.15) is 0 Å². The number of aryl methyl sites for hydroxylation is 1. The molecule has 128 valence electrons. The highest BCUT2D eigenvalue weighted by Crippen LogP contribution is 2.60. The molecule has 0 bridgehead atoms. The van der Waals surface area contributed by atoms with Gasteiger partial charge < -0.3 is 10.6 Å². The normalized spacial score (nSPS) is 25.5. The Balaban J connectivity index is 0.00000192. The third-order valence-electron chi connectivity index (χ3n) is 5.59. The van der Waals surface area contributed by atoms with Crippen LogP contribution in [0.3, 0.4) is 0 Å². The molecule has 0 saturated heterocycles. The van der Waals surface area contributed by atoms with Gasteiger partial charge in [-0.15, -0.1) is 12.4 Å². The summed E-state index contributed by atoms with van der Waals surface area (Å²) < 4.78 is 0. The van der Waals surface area contributed by atoms with Crippen molar-refractivity contribution >= 4 is 18.3 Å². The molecule has 1 saturated carbocycles. The summed E-state index contributed by atoms with van der Waals surface area (Å²) in [5, 5.41) is 0. The average molecular weight is 337 g/mol. The standard InChI is InChI=1S/C19H28N2O.ClH/c1-18(2,12-20)13-21(3)17(22)16-11-19(16)10-6-8-14-7-4-5-9-15(14)19;/h4-5,7,9,16H,6,8,10-13,20H2,1-3H3;1H. The van der Waals surface area contributed by atoms with Crippen LogP contribution < -0.4 is 5.73 Å². The van der Waals surface area contributed by atoms with Gasteiger partial charge in [0.15, 0.2) is 0 Å². The number of benzene rings is 1. The van der Waals surface area contributed by atoms with Crippen LogP contribution in [-0.4, -0.2) is 30.9 Å². The lowest BCUT2D eigenvalue weighted by Crippen LogP contribution is -2.41. The van der Waals surface area contributed by atoms with E-state index in [1.807, 2.05) is 11.9 Å². The number of rotatable bonds is 4. The van der Waals surface area contributed by atoms with Crippen molar-refractivity contribution in [3.63, 3.8) is 0 Å². The Hall–Kier alpha value is -1.06. The monoisotopic (exact) mass is 336 g/mol. The van der Waals surface area contributed by atoms with Crippen molar-refractivity contribution in [2.45, 2.75) is 44.9 Å². The van der Waals surface area contributed by atoms with Crippen LogP contribution in [0.4, 0.5) is 0 Å². The van der Waals surface area contributed by atoms with Crippen molar-refractivity contribution in [3.05, 3.63) is 35.4 Å². The van der Waals surface area contributed by atoms with Crippen molar-refractivity contribution in [3.8, 4) is 0 Å². The molecule has 3 nitrogen and oxygen atoms in total. The second-order valence-corrected chi connectivity index (χ2v) is 7.99. The second-order valence-electron chi connectivity index (χ2n) is 7.99. The summed E-state index contributed by atoms with van der Waals surface area (Å²) in [6.07, 6.45) is 4.55. The quantitative estimate of drug-likeness (QED) is 0.918. The zero-order chi connectivity index (χ0) is 16.0. The minimum absolute atomic E-state index is 0. The third-order valence-corrected chi connectivity index (χ3v) is 5.59. The highest BCUT2D eigenvalue weighted by atomic mass is 35.5. The van der Waals surface area contributed by atoms with Gasteiger partial charge in [0.05, 0.1) is 0 Å². The highest BCUT2D eigenvalue weighted by Gasteiger charge is 2.60. The van der Waals surface area contributed by atoms with E-state index in [9.17, 15) is 4.79 Å². The van der Waals surface area contributed by atoms with E-state index < -0.39 is 0 Å². The molecule has 0 aliphatic heterocycles. The van der Waals surface area contributed by atoms with Gasteiger partial charge in [0.2, 0.25) is 5.91 Å². The number of hydrogen-bond acceptors (Lipinski definition) is 2. The van der Waals surface area contributed by atoms with E-state index in [2.05, 4.69) is 38.1 Å². The second kappa shape index (κ2) is 6.45. The van der Waals surface area contributed by atoms with Crippen LogP contribution in [0.1, 0.15) is 44.2 Å². The largest absolute Gasteiger partial charge is 0.345 e. The summed E-state index contributed by atoms with van der Waals surface area (Å²) in [6, 6.07) is 8.71. The number of carbonyl (C=O) groups is 1. The van der Waals surface area contributed by atoms with E-state index in [1.165, 1.54) is 17.5 Å². The van der Waals surface area contributed by atoms with Crippen molar-refractivity contribution in [1.82, 2.24) is 4.90 Å². The summed E-state index contributed by atoms with van der Waals surface area (Å²) in [5.41, 5.74) is 8.81. The molecular weight excluding hydrogens is 308 g/mol. The van der Waals surface area contributed by atoms with Crippen LogP contribution in [-0.2, 0) is 16.6 Å². The molecule has 1 aromatic rings. The van der Waals surface area contributed by atoms with Crippen molar-refractivity contribution in [2.75, 3.05) is 20.1 Å². The van der Waals surface area contributed by atoms with Crippen molar-refractivity contribution in [1.29, 1.82) is 0 Å². The van der Waals surface area contributed by atoms with Gasteiger partial charge in [-0.3, -0.25) is 4.79 Å². The Morgan fingerprint density at radius 3 is 2.78 bits per heavy atom. The van der Waals surface area contributed by atoms with Gasteiger partial charge in [-0.2, -0.15) is 0 Å². The third kappa shape index (κ3) is 3.27. The first kappa shape index (κ1) is 18.3. The molecule has 2 atom stereocenters. The van der Waals surface area contributed by atoms with E-state index in [1.54, 1.807) is 0 Å². The molecule has 1 aromatic carbocycles. The minimum Gasteiger partial charge on any atom is -0.345 e. The Morgan fingerprint density at radius 2 is 2.09 bits per heavy atom. The SMILES string of the molecule is CN(CC(C)(C)CN)C(=O)C1CC12CCCc1ccccc12.Cl. The Labute approximate surface area is 146 Å². The molecule has 2 aliphatic carbocycles. The Bertz CT molecular complexity index is 586. The van der Waals surface area contributed by atoms with Crippen molar-refractivity contribution in [2.24, 2.45) is 17.1 Å². The van der Waals surface area contributed by atoms with Crippen LogP contribution in [0.15, 0.2) is 24.3 Å². The maximum absolute atomic E-state index is 12.9. The summed E-state index contributed by atoms with van der Waals surface area (Å²) in [4.78, 5) is 14.8. The molecule has 1 amide bonds. The van der Waals surface area contributed by atoms with Crippen LogP contribution in [0, 0.1) is 11.3 Å².